The van der Waals surface area contributed by atoms with E-state index in [9.17, 15) is 4.39 Å². The molecule has 1 fully saturated rings. The fraction of sp³-hybridized carbons (Fsp3) is 0.600. The number of ether oxygens (including phenoxy) is 1. The summed E-state index contributed by atoms with van der Waals surface area (Å²) in [5.74, 6) is 0.408. The first kappa shape index (κ1) is 14.3. The van der Waals surface area contributed by atoms with Gasteiger partial charge in [-0.3, -0.25) is 4.90 Å². The molecule has 1 aliphatic rings. The number of nitrogens with two attached hydrogens (primary N) is 1. The molecular formula is C15H23FN2O. The predicted octanol–water partition coefficient (Wildman–Crippen LogP) is 2.57. The van der Waals surface area contributed by atoms with E-state index in [2.05, 4.69) is 11.8 Å². The van der Waals surface area contributed by atoms with Crippen molar-refractivity contribution in [2.45, 2.75) is 25.8 Å². The second kappa shape index (κ2) is 6.35. The van der Waals surface area contributed by atoms with Crippen LogP contribution in [0.1, 0.15) is 31.4 Å². The quantitative estimate of drug-likeness (QED) is 0.910. The molecule has 0 radical (unpaired) electrons. The Bertz CT molecular complexity index is 413. The van der Waals surface area contributed by atoms with Crippen LogP contribution in [0.5, 0.6) is 5.75 Å². The average Bonchev–Trinajstić information content (AvgIpc) is 2.46. The first-order valence-corrected chi connectivity index (χ1v) is 6.98. The van der Waals surface area contributed by atoms with Crippen molar-refractivity contribution < 1.29 is 9.13 Å². The molecular weight excluding hydrogens is 243 g/mol. The molecule has 106 valence electrons. The number of likely N-dealkylation sites (tertiary alicyclic amines) is 1. The van der Waals surface area contributed by atoms with Gasteiger partial charge in [-0.1, -0.05) is 13.0 Å². The zero-order valence-electron chi connectivity index (χ0n) is 11.7. The zero-order valence-corrected chi connectivity index (χ0v) is 11.7. The third kappa shape index (κ3) is 2.90. The molecule has 0 aromatic heterocycles. The SMILES string of the molecule is CCN1CCCC(CN)C1c1ccc(OC)c(F)c1. The van der Waals surface area contributed by atoms with Crippen LogP contribution in [0, 0.1) is 11.7 Å². The Morgan fingerprint density at radius 3 is 2.84 bits per heavy atom. The van der Waals surface area contributed by atoms with E-state index < -0.39 is 0 Å². The van der Waals surface area contributed by atoms with Crippen LogP contribution >= 0.6 is 0 Å². The molecule has 1 aliphatic heterocycles. The van der Waals surface area contributed by atoms with Gasteiger partial charge in [0.25, 0.3) is 0 Å². The molecule has 2 rings (SSSR count). The molecule has 4 heteroatoms. The van der Waals surface area contributed by atoms with Crippen molar-refractivity contribution in [1.82, 2.24) is 4.90 Å². The minimum atomic E-state index is -0.294. The molecule has 2 atom stereocenters. The molecule has 0 aliphatic carbocycles. The van der Waals surface area contributed by atoms with Crippen LogP contribution in [0.4, 0.5) is 4.39 Å². The highest BCUT2D eigenvalue weighted by Crippen LogP contribution is 2.36. The first-order chi connectivity index (χ1) is 9.21. The van der Waals surface area contributed by atoms with E-state index in [1.807, 2.05) is 6.07 Å². The Kier molecular flexibility index (Phi) is 4.77. The molecule has 1 aromatic rings. The molecule has 0 bridgehead atoms. The molecule has 3 nitrogen and oxygen atoms in total. The highest BCUT2D eigenvalue weighted by atomic mass is 19.1. The van der Waals surface area contributed by atoms with Gasteiger partial charge in [-0.05, 0) is 56.1 Å². The topological polar surface area (TPSA) is 38.5 Å². The largest absolute Gasteiger partial charge is 0.494 e. The number of nitrogens with zero attached hydrogens (tertiary/aromatic N) is 1. The lowest BCUT2D eigenvalue weighted by Crippen LogP contribution is -2.41. The van der Waals surface area contributed by atoms with E-state index in [-0.39, 0.29) is 11.9 Å². The number of methoxy groups -OCH3 is 1. The van der Waals surface area contributed by atoms with Gasteiger partial charge in [0.1, 0.15) is 0 Å². The predicted molar refractivity (Wildman–Crippen MR) is 74.7 cm³/mol. The van der Waals surface area contributed by atoms with Gasteiger partial charge in [0.05, 0.1) is 7.11 Å². The third-order valence-corrected chi connectivity index (χ3v) is 4.09. The van der Waals surface area contributed by atoms with E-state index in [0.29, 0.717) is 18.2 Å². The Morgan fingerprint density at radius 2 is 2.26 bits per heavy atom. The van der Waals surface area contributed by atoms with Crippen molar-refractivity contribution in [3.8, 4) is 5.75 Å². The molecule has 1 aromatic carbocycles. The van der Waals surface area contributed by atoms with Gasteiger partial charge in [0.2, 0.25) is 0 Å². The summed E-state index contributed by atoms with van der Waals surface area (Å²) in [6.07, 6.45) is 2.29. The monoisotopic (exact) mass is 266 g/mol. The highest BCUT2D eigenvalue weighted by Gasteiger charge is 2.31. The van der Waals surface area contributed by atoms with Crippen molar-refractivity contribution >= 4 is 0 Å². The second-order valence-corrected chi connectivity index (χ2v) is 5.11. The van der Waals surface area contributed by atoms with Crippen molar-refractivity contribution in [3.05, 3.63) is 29.6 Å². The Morgan fingerprint density at radius 1 is 1.47 bits per heavy atom. The number of piperidine rings is 1. The average molecular weight is 266 g/mol. The van der Waals surface area contributed by atoms with Gasteiger partial charge >= 0.3 is 0 Å². The van der Waals surface area contributed by atoms with Crippen LogP contribution in [-0.4, -0.2) is 31.6 Å². The van der Waals surface area contributed by atoms with E-state index >= 15 is 0 Å². The van der Waals surface area contributed by atoms with Crippen molar-refractivity contribution in [1.29, 1.82) is 0 Å². The smallest absolute Gasteiger partial charge is 0.165 e. The molecule has 1 saturated heterocycles. The molecule has 0 amide bonds. The summed E-state index contributed by atoms with van der Waals surface area (Å²) in [5, 5.41) is 0. The second-order valence-electron chi connectivity index (χ2n) is 5.11. The van der Waals surface area contributed by atoms with E-state index in [4.69, 9.17) is 10.5 Å². The van der Waals surface area contributed by atoms with Crippen molar-refractivity contribution in [2.75, 3.05) is 26.7 Å². The Balaban J connectivity index is 2.32. The lowest BCUT2D eigenvalue weighted by molar-refractivity contribution is 0.102. The fourth-order valence-electron chi connectivity index (χ4n) is 3.10. The van der Waals surface area contributed by atoms with E-state index in [1.165, 1.54) is 13.5 Å². The summed E-state index contributed by atoms with van der Waals surface area (Å²) >= 11 is 0. The summed E-state index contributed by atoms with van der Waals surface area (Å²) in [6, 6.07) is 5.49. The van der Waals surface area contributed by atoms with Gasteiger partial charge < -0.3 is 10.5 Å². The van der Waals surface area contributed by atoms with Gasteiger partial charge in [0, 0.05) is 6.04 Å². The Labute approximate surface area is 114 Å². The molecule has 2 unspecified atom stereocenters. The molecule has 2 N–H and O–H groups in total. The fourth-order valence-corrected chi connectivity index (χ4v) is 3.10. The standard InChI is InChI=1S/C15H23FN2O/c1-3-18-8-4-5-12(10-17)15(18)11-6-7-14(19-2)13(16)9-11/h6-7,9,12,15H,3-5,8,10,17H2,1-2H3. The Hall–Kier alpha value is -1.13. The van der Waals surface area contributed by atoms with Crippen LogP contribution < -0.4 is 10.5 Å². The van der Waals surface area contributed by atoms with Crippen LogP contribution in [0.2, 0.25) is 0 Å². The number of rotatable bonds is 4. The number of benzene rings is 1. The number of hydrogen-bond donors (Lipinski definition) is 1. The maximum absolute atomic E-state index is 13.9. The summed E-state index contributed by atoms with van der Waals surface area (Å²) in [7, 11) is 1.49. The summed E-state index contributed by atoms with van der Waals surface area (Å²) < 4.78 is 18.9. The third-order valence-electron chi connectivity index (χ3n) is 4.09. The number of halogens is 1. The van der Waals surface area contributed by atoms with Crippen LogP contribution in [0.25, 0.3) is 0 Å². The lowest BCUT2D eigenvalue weighted by atomic mass is 9.84. The summed E-state index contributed by atoms with van der Waals surface area (Å²) in [4.78, 5) is 2.39. The van der Waals surface area contributed by atoms with Crippen LogP contribution in [0.15, 0.2) is 18.2 Å². The van der Waals surface area contributed by atoms with Crippen LogP contribution in [-0.2, 0) is 0 Å². The van der Waals surface area contributed by atoms with Gasteiger partial charge in [0.15, 0.2) is 11.6 Å². The van der Waals surface area contributed by atoms with Gasteiger partial charge in [-0.2, -0.15) is 0 Å². The number of hydrogen-bond acceptors (Lipinski definition) is 3. The minimum Gasteiger partial charge on any atom is -0.494 e. The highest BCUT2D eigenvalue weighted by molar-refractivity contribution is 5.31. The molecule has 0 spiro atoms. The lowest BCUT2D eigenvalue weighted by Gasteiger charge is -2.41. The first-order valence-electron chi connectivity index (χ1n) is 6.98. The van der Waals surface area contributed by atoms with Crippen molar-refractivity contribution in [3.63, 3.8) is 0 Å². The minimum absolute atomic E-state index is 0.226. The van der Waals surface area contributed by atoms with E-state index in [0.717, 1.165) is 25.1 Å². The molecule has 1 heterocycles. The van der Waals surface area contributed by atoms with Crippen LogP contribution in [0.3, 0.4) is 0 Å². The maximum Gasteiger partial charge on any atom is 0.165 e. The normalized spacial score (nSPS) is 24.4. The molecule has 19 heavy (non-hydrogen) atoms. The van der Waals surface area contributed by atoms with Crippen molar-refractivity contribution in [2.24, 2.45) is 11.7 Å². The molecule has 0 saturated carbocycles. The van der Waals surface area contributed by atoms with Gasteiger partial charge in [-0.15, -0.1) is 0 Å². The zero-order chi connectivity index (χ0) is 13.8. The summed E-state index contributed by atoms with van der Waals surface area (Å²) in [6.45, 7) is 4.82. The van der Waals surface area contributed by atoms with Gasteiger partial charge in [-0.25, -0.2) is 4.39 Å². The summed E-state index contributed by atoms with van der Waals surface area (Å²) in [5.41, 5.74) is 6.91. The maximum atomic E-state index is 13.9. The van der Waals surface area contributed by atoms with E-state index in [1.54, 1.807) is 12.1 Å².